The molecule has 0 radical (unpaired) electrons. The first-order valence-electron chi connectivity index (χ1n) is 6.81. The summed E-state index contributed by atoms with van der Waals surface area (Å²) in [6.07, 6.45) is 3.54. The zero-order chi connectivity index (χ0) is 15.2. The Morgan fingerprint density at radius 1 is 1.29 bits per heavy atom. The van der Waals surface area contributed by atoms with Gasteiger partial charge < -0.3 is 15.5 Å². The molecule has 0 atom stereocenters. The van der Waals surface area contributed by atoms with Gasteiger partial charge in [-0.3, -0.25) is 9.48 Å². The van der Waals surface area contributed by atoms with Crippen molar-refractivity contribution in [2.24, 2.45) is 0 Å². The van der Waals surface area contributed by atoms with Crippen molar-refractivity contribution >= 4 is 17.3 Å². The summed E-state index contributed by atoms with van der Waals surface area (Å²) in [5.74, 6) is -0.0658. The zero-order valence-electron chi connectivity index (χ0n) is 12.6. The molecule has 0 aliphatic carbocycles. The first-order valence-corrected chi connectivity index (χ1v) is 6.81. The van der Waals surface area contributed by atoms with E-state index in [1.54, 1.807) is 17.9 Å². The monoisotopic (exact) mass is 287 g/mol. The minimum absolute atomic E-state index is 0.0658. The van der Waals surface area contributed by atoms with Crippen LogP contribution in [0.25, 0.3) is 0 Å². The van der Waals surface area contributed by atoms with Gasteiger partial charge in [0.1, 0.15) is 6.54 Å². The van der Waals surface area contributed by atoms with E-state index in [0.29, 0.717) is 0 Å². The molecule has 0 aliphatic rings. The Hall–Kier alpha value is -2.50. The van der Waals surface area contributed by atoms with Crippen LogP contribution < -0.4 is 15.5 Å². The highest BCUT2D eigenvalue weighted by molar-refractivity contribution is 5.75. The van der Waals surface area contributed by atoms with E-state index in [1.807, 2.05) is 20.3 Å². The lowest BCUT2D eigenvalue weighted by atomic mass is 10.2. The molecule has 112 valence electrons. The third-order valence-corrected chi connectivity index (χ3v) is 3.17. The fourth-order valence-corrected chi connectivity index (χ4v) is 1.88. The molecule has 2 N–H and O–H groups in total. The highest BCUT2D eigenvalue weighted by Gasteiger charge is 2.03. The first kappa shape index (κ1) is 14.9. The summed E-state index contributed by atoms with van der Waals surface area (Å²) in [4.78, 5) is 13.3. The molecule has 1 heterocycles. The third kappa shape index (κ3) is 4.24. The van der Waals surface area contributed by atoms with E-state index >= 15 is 0 Å². The van der Waals surface area contributed by atoms with Crippen molar-refractivity contribution in [1.82, 2.24) is 15.1 Å². The quantitative estimate of drug-likeness (QED) is 0.841. The summed E-state index contributed by atoms with van der Waals surface area (Å²) < 4.78 is 1.61. The van der Waals surface area contributed by atoms with E-state index in [2.05, 4.69) is 44.9 Å². The molecule has 6 nitrogen and oxygen atoms in total. The van der Waals surface area contributed by atoms with Crippen molar-refractivity contribution in [3.63, 3.8) is 0 Å². The SMILES string of the molecule is CNC(=O)Cn1cc(NCc2ccc(N(C)C)cc2)cn1. The number of aromatic nitrogens is 2. The van der Waals surface area contributed by atoms with Gasteiger partial charge in [-0.2, -0.15) is 5.10 Å². The molecule has 0 unspecified atom stereocenters. The van der Waals surface area contributed by atoms with Crippen LogP contribution in [-0.2, 0) is 17.9 Å². The summed E-state index contributed by atoms with van der Waals surface area (Å²) in [6.45, 7) is 0.953. The van der Waals surface area contributed by atoms with E-state index in [-0.39, 0.29) is 12.5 Å². The molecule has 2 rings (SSSR count). The Kier molecular flexibility index (Phi) is 4.81. The predicted octanol–water partition coefficient (Wildman–Crippen LogP) is 1.31. The van der Waals surface area contributed by atoms with Crippen LogP contribution in [0.15, 0.2) is 36.7 Å². The molecule has 0 saturated heterocycles. The van der Waals surface area contributed by atoms with E-state index in [1.165, 1.54) is 11.3 Å². The van der Waals surface area contributed by atoms with Gasteiger partial charge >= 0.3 is 0 Å². The van der Waals surface area contributed by atoms with E-state index < -0.39 is 0 Å². The van der Waals surface area contributed by atoms with Crippen LogP contribution in [0, 0.1) is 0 Å². The van der Waals surface area contributed by atoms with Crippen LogP contribution in [0.4, 0.5) is 11.4 Å². The number of carbonyl (C=O) groups is 1. The van der Waals surface area contributed by atoms with Gasteiger partial charge in [0.15, 0.2) is 0 Å². The molecule has 1 aromatic carbocycles. The van der Waals surface area contributed by atoms with Gasteiger partial charge in [0.05, 0.1) is 11.9 Å². The number of nitrogens with one attached hydrogen (secondary N) is 2. The van der Waals surface area contributed by atoms with E-state index in [9.17, 15) is 4.79 Å². The maximum atomic E-state index is 11.3. The minimum Gasteiger partial charge on any atom is -0.378 e. The van der Waals surface area contributed by atoms with E-state index in [0.717, 1.165) is 12.2 Å². The Bertz CT molecular complexity index is 588. The minimum atomic E-state index is -0.0658. The van der Waals surface area contributed by atoms with Crippen molar-refractivity contribution in [3.05, 3.63) is 42.2 Å². The molecule has 21 heavy (non-hydrogen) atoms. The maximum absolute atomic E-state index is 11.3. The number of likely N-dealkylation sites (N-methyl/N-ethyl adjacent to an activating group) is 1. The van der Waals surface area contributed by atoms with Crippen molar-refractivity contribution in [1.29, 1.82) is 0 Å². The van der Waals surface area contributed by atoms with Gasteiger partial charge in [0, 0.05) is 39.6 Å². The largest absolute Gasteiger partial charge is 0.378 e. The van der Waals surface area contributed by atoms with Crippen molar-refractivity contribution < 1.29 is 4.79 Å². The predicted molar refractivity (Wildman–Crippen MR) is 84.4 cm³/mol. The Balaban J connectivity index is 1.89. The summed E-state index contributed by atoms with van der Waals surface area (Å²) in [6, 6.07) is 8.37. The van der Waals surface area contributed by atoms with Gasteiger partial charge in [0.25, 0.3) is 0 Å². The van der Waals surface area contributed by atoms with Crippen LogP contribution in [0.5, 0.6) is 0 Å². The molecular weight excluding hydrogens is 266 g/mol. The molecule has 0 saturated carbocycles. The van der Waals surface area contributed by atoms with Crippen LogP contribution in [-0.4, -0.2) is 36.8 Å². The number of nitrogens with zero attached hydrogens (tertiary/aromatic N) is 3. The third-order valence-electron chi connectivity index (χ3n) is 3.17. The molecule has 1 aromatic heterocycles. The second-order valence-electron chi connectivity index (χ2n) is 5.01. The van der Waals surface area contributed by atoms with Crippen molar-refractivity contribution in [2.45, 2.75) is 13.1 Å². The number of anilines is 2. The maximum Gasteiger partial charge on any atom is 0.241 e. The average molecular weight is 287 g/mol. The Morgan fingerprint density at radius 2 is 2.00 bits per heavy atom. The molecule has 0 bridgehead atoms. The summed E-state index contributed by atoms with van der Waals surface area (Å²) >= 11 is 0. The second kappa shape index (κ2) is 6.78. The van der Waals surface area contributed by atoms with E-state index in [4.69, 9.17) is 0 Å². The van der Waals surface area contributed by atoms with Gasteiger partial charge in [-0.1, -0.05) is 12.1 Å². The molecule has 1 amide bonds. The zero-order valence-corrected chi connectivity index (χ0v) is 12.6. The highest BCUT2D eigenvalue weighted by Crippen LogP contribution is 2.13. The number of rotatable bonds is 6. The van der Waals surface area contributed by atoms with Crippen LogP contribution >= 0.6 is 0 Å². The number of carbonyl (C=O) groups excluding carboxylic acids is 1. The van der Waals surface area contributed by atoms with Crippen LogP contribution in [0.2, 0.25) is 0 Å². The standard InChI is InChI=1S/C15H21N5O/c1-16-15(21)11-20-10-13(9-18-20)17-8-12-4-6-14(7-5-12)19(2)3/h4-7,9-10,17H,8,11H2,1-3H3,(H,16,21). The fourth-order valence-electron chi connectivity index (χ4n) is 1.88. The summed E-state index contributed by atoms with van der Waals surface area (Å²) in [5.41, 5.74) is 3.27. The number of benzene rings is 1. The first-order chi connectivity index (χ1) is 10.1. The van der Waals surface area contributed by atoms with Crippen LogP contribution in [0.1, 0.15) is 5.56 Å². The molecule has 6 heteroatoms. The van der Waals surface area contributed by atoms with Gasteiger partial charge in [0.2, 0.25) is 5.91 Å². The lowest BCUT2D eigenvalue weighted by molar-refractivity contribution is -0.121. The van der Waals surface area contributed by atoms with Gasteiger partial charge in [-0.25, -0.2) is 0 Å². The molecule has 2 aromatic rings. The van der Waals surface area contributed by atoms with Crippen molar-refractivity contribution in [3.8, 4) is 0 Å². The number of amides is 1. The lowest BCUT2D eigenvalue weighted by Crippen LogP contribution is -2.23. The normalized spacial score (nSPS) is 10.2. The topological polar surface area (TPSA) is 62.2 Å². The Labute approximate surface area is 124 Å². The Morgan fingerprint density at radius 3 is 2.62 bits per heavy atom. The molecular formula is C15H21N5O. The molecule has 0 fully saturated rings. The highest BCUT2D eigenvalue weighted by atomic mass is 16.1. The second-order valence-corrected chi connectivity index (χ2v) is 5.01. The average Bonchev–Trinajstić information content (AvgIpc) is 2.93. The van der Waals surface area contributed by atoms with Crippen molar-refractivity contribution in [2.75, 3.05) is 31.4 Å². The fraction of sp³-hybridized carbons (Fsp3) is 0.333. The van der Waals surface area contributed by atoms with Gasteiger partial charge in [-0.05, 0) is 17.7 Å². The van der Waals surface area contributed by atoms with Crippen LogP contribution in [0.3, 0.4) is 0 Å². The summed E-state index contributed by atoms with van der Waals surface area (Å²) in [7, 11) is 5.66. The summed E-state index contributed by atoms with van der Waals surface area (Å²) in [5, 5.41) is 10.0. The van der Waals surface area contributed by atoms with Gasteiger partial charge in [-0.15, -0.1) is 0 Å². The number of hydrogen-bond donors (Lipinski definition) is 2. The molecule has 0 aliphatic heterocycles. The molecule has 0 spiro atoms. The number of hydrogen-bond acceptors (Lipinski definition) is 4. The lowest BCUT2D eigenvalue weighted by Gasteiger charge is -2.12. The smallest absolute Gasteiger partial charge is 0.241 e.